The third kappa shape index (κ3) is 0.461. The van der Waals surface area contributed by atoms with Gasteiger partial charge < -0.3 is 0 Å². The van der Waals surface area contributed by atoms with Gasteiger partial charge in [0.25, 0.3) is 0 Å². The van der Waals surface area contributed by atoms with E-state index in [2.05, 4.69) is 0 Å². The summed E-state index contributed by atoms with van der Waals surface area (Å²) in [5.74, 6) is 4.81. The first-order chi connectivity index (χ1) is 4.43. The predicted octanol–water partition coefficient (Wildman–Crippen LogP) is 2.44. The van der Waals surface area contributed by atoms with Crippen LogP contribution in [0.1, 0.15) is 32.1 Å². The molecule has 0 N–H and O–H groups in total. The highest BCUT2D eigenvalue weighted by atomic mass is 14.5. The largest absolute Gasteiger partial charge is 0.0499 e. The summed E-state index contributed by atoms with van der Waals surface area (Å²) in [6, 6.07) is 0. The van der Waals surface area contributed by atoms with E-state index in [1.807, 2.05) is 0 Å². The molecule has 3 aliphatic rings. The van der Waals surface area contributed by atoms with Gasteiger partial charge in [0.15, 0.2) is 0 Å². The summed E-state index contributed by atoms with van der Waals surface area (Å²) >= 11 is 0. The summed E-state index contributed by atoms with van der Waals surface area (Å²) in [6.07, 6.45) is 8.02. The molecule has 0 heterocycles. The molecule has 0 radical (unpaired) electrons. The average Bonchev–Trinajstić information content (AvgIpc) is 2.35. The van der Waals surface area contributed by atoms with E-state index in [9.17, 15) is 0 Å². The number of hydrogen-bond acceptors (Lipinski definition) is 0. The van der Waals surface area contributed by atoms with Gasteiger partial charge in [-0.3, -0.25) is 0 Å². The minimum atomic E-state index is 1.19. The number of fused-ring (bicyclic) bond motifs is 1. The van der Waals surface area contributed by atoms with Crippen LogP contribution in [0.5, 0.6) is 0 Å². The van der Waals surface area contributed by atoms with Crippen LogP contribution in [-0.2, 0) is 0 Å². The maximum atomic E-state index is 1.62. The first-order valence-electron chi connectivity index (χ1n) is 4.43. The Labute approximate surface area is 56.6 Å². The van der Waals surface area contributed by atoms with Gasteiger partial charge in [-0.05, 0) is 55.8 Å². The Balaban J connectivity index is 2.02. The molecule has 0 aromatic rings. The van der Waals surface area contributed by atoms with Gasteiger partial charge in [-0.25, -0.2) is 0 Å². The lowest BCUT2D eigenvalue weighted by molar-refractivity contribution is 0.332. The van der Waals surface area contributed by atoms with Crippen LogP contribution in [-0.4, -0.2) is 0 Å². The summed E-state index contributed by atoms with van der Waals surface area (Å²) in [6.45, 7) is 0. The van der Waals surface area contributed by atoms with E-state index in [4.69, 9.17) is 0 Å². The first-order valence-corrected chi connectivity index (χ1v) is 4.43. The zero-order valence-electron chi connectivity index (χ0n) is 5.84. The fourth-order valence-corrected chi connectivity index (χ4v) is 3.74. The summed E-state index contributed by atoms with van der Waals surface area (Å²) < 4.78 is 0. The maximum absolute atomic E-state index is 1.62. The zero-order chi connectivity index (χ0) is 5.84. The van der Waals surface area contributed by atoms with Gasteiger partial charge in [-0.2, -0.15) is 0 Å². The summed E-state index contributed by atoms with van der Waals surface area (Å²) in [5, 5.41) is 0. The average molecular weight is 122 g/mol. The minimum Gasteiger partial charge on any atom is -0.0499 e. The molecule has 9 heavy (non-hydrogen) atoms. The van der Waals surface area contributed by atoms with E-state index >= 15 is 0 Å². The van der Waals surface area contributed by atoms with Crippen molar-refractivity contribution in [2.75, 3.05) is 0 Å². The molecule has 0 heteroatoms. The Morgan fingerprint density at radius 3 is 1.89 bits per heavy atom. The normalized spacial score (nSPS) is 61.3. The number of hydrogen-bond donors (Lipinski definition) is 0. The predicted molar refractivity (Wildman–Crippen MR) is 37.0 cm³/mol. The van der Waals surface area contributed by atoms with Crippen LogP contribution in [0.3, 0.4) is 0 Å². The second kappa shape index (κ2) is 1.36. The van der Waals surface area contributed by atoms with Gasteiger partial charge in [0.05, 0.1) is 0 Å². The quantitative estimate of drug-likeness (QED) is 0.463. The lowest BCUT2D eigenvalue weighted by Crippen LogP contribution is -2.08. The minimum absolute atomic E-state index is 1.19. The summed E-state index contributed by atoms with van der Waals surface area (Å²) in [7, 11) is 0. The summed E-state index contributed by atoms with van der Waals surface area (Å²) in [4.78, 5) is 0. The second-order valence-corrected chi connectivity index (χ2v) is 4.33. The third-order valence-electron chi connectivity index (χ3n) is 4.00. The molecule has 0 aromatic carbocycles. The Morgan fingerprint density at radius 1 is 0.778 bits per heavy atom. The van der Waals surface area contributed by atoms with Crippen molar-refractivity contribution in [2.45, 2.75) is 32.1 Å². The topological polar surface area (TPSA) is 0 Å². The molecule has 2 atom stereocenters. The van der Waals surface area contributed by atoms with Crippen molar-refractivity contribution in [3.63, 3.8) is 0 Å². The van der Waals surface area contributed by atoms with Crippen LogP contribution >= 0.6 is 0 Å². The Kier molecular flexibility index (Phi) is 0.717. The van der Waals surface area contributed by atoms with E-state index < -0.39 is 0 Å². The standard InChI is InChI=1S/C9H14/c1-2-8-4-6-3-7(1)9(8)5-6/h6-9H,1-5H2. The van der Waals surface area contributed by atoms with Crippen molar-refractivity contribution >= 4 is 0 Å². The SMILES string of the molecule is C1CC2CC3CC1C2C3. The van der Waals surface area contributed by atoms with Crippen molar-refractivity contribution in [3.8, 4) is 0 Å². The van der Waals surface area contributed by atoms with E-state index in [0.29, 0.717) is 0 Å². The molecule has 3 saturated carbocycles. The molecule has 0 amide bonds. The molecule has 3 rings (SSSR count). The molecule has 0 spiro atoms. The van der Waals surface area contributed by atoms with Crippen LogP contribution in [0.25, 0.3) is 0 Å². The second-order valence-electron chi connectivity index (χ2n) is 4.33. The Morgan fingerprint density at radius 2 is 1.44 bits per heavy atom. The van der Waals surface area contributed by atoms with Gasteiger partial charge >= 0.3 is 0 Å². The van der Waals surface area contributed by atoms with Crippen LogP contribution in [0.2, 0.25) is 0 Å². The maximum Gasteiger partial charge on any atom is -0.0355 e. The fraction of sp³-hybridized carbons (Fsp3) is 1.00. The number of rotatable bonds is 0. The third-order valence-corrected chi connectivity index (χ3v) is 4.00. The summed E-state index contributed by atoms with van der Waals surface area (Å²) in [5.41, 5.74) is 0. The monoisotopic (exact) mass is 122 g/mol. The molecule has 0 nitrogen and oxygen atoms in total. The highest BCUT2D eigenvalue weighted by molar-refractivity contribution is 4.99. The van der Waals surface area contributed by atoms with E-state index in [0.717, 1.165) is 0 Å². The molecule has 2 unspecified atom stereocenters. The van der Waals surface area contributed by atoms with Gasteiger partial charge in [-0.15, -0.1) is 0 Å². The molecule has 0 aromatic heterocycles. The van der Waals surface area contributed by atoms with Crippen molar-refractivity contribution in [1.82, 2.24) is 0 Å². The molecule has 0 saturated heterocycles. The van der Waals surface area contributed by atoms with Gasteiger partial charge in [0.1, 0.15) is 0 Å². The first kappa shape index (κ1) is 4.76. The van der Waals surface area contributed by atoms with Crippen LogP contribution in [0.4, 0.5) is 0 Å². The smallest absolute Gasteiger partial charge is 0.0355 e. The van der Waals surface area contributed by atoms with Crippen molar-refractivity contribution in [1.29, 1.82) is 0 Å². The lowest BCUT2D eigenvalue weighted by Gasteiger charge is -2.16. The molecular weight excluding hydrogens is 108 g/mol. The van der Waals surface area contributed by atoms with Crippen LogP contribution in [0.15, 0.2) is 0 Å². The van der Waals surface area contributed by atoms with Crippen LogP contribution in [0, 0.1) is 23.7 Å². The molecule has 2 bridgehead atoms. The van der Waals surface area contributed by atoms with Crippen molar-refractivity contribution in [3.05, 3.63) is 0 Å². The van der Waals surface area contributed by atoms with Crippen molar-refractivity contribution in [2.24, 2.45) is 23.7 Å². The Hall–Kier alpha value is 0. The van der Waals surface area contributed by atoms with E-state index in [-0.39, 0.29) is 0 Å². The molecule has 0 aliphatic heterocycles. The van der Waals surface area contributed by atoms with Crippen molar-refractivity contribution < 1.29 is 0 Å². The fourth-order valence-electron chi connectivity index (χ4n) is 3.74. The van der Waals surface area contributed by atoms with Gasteiger partial charge in [0, 0.05) is 0 Å². The molecular formula is C9H14. The Bertz CT molecular complexity index is 122. The molecule has 50 valence electrons. The van der Waals surface area contributed by atoms with Crippen LogP contribution < -0.4 is 0 Å². The molecule has 3 aliphatic carbocycles. The highest BCUT2D eigenvalue weighted by Crippen LogP contribution is 2.59. The highest BCUT2D eigenvalue weighted by Gasteiger charge is 2.49. The zero-order valence-corrected chi connectivity index (χ0v) is 5.84. The van der Waals surface area contributed by atoms with Gasteiger partial charge in [-0.1, -0.05) is 0 Å². The van der Waals surface area contributed by atoms with E-state index in [1.165, 1.54) is 23.7 Å². The van der Waals surface area contributed by atoms with E-state index in [1.54, 1.807) is 32.1 Å². The van der Waals surface area contributed by atoms with Gasteiger partial charge in [0.2, 0.25) is 0 Å². The molecule has 3 fully saturated rings. The lowest BCUT2D eigenvalue weighted by atomic mass is 9.89.